The van der Waals surface area contributed by atoms with E-state index in [1.54, 1.807) is 0 Å². The van der Waals surface area contributed by atoms with E-state index in [-0.39, 0.29) is 12.8 Å². The highest BCUT2D eigenvalue weighted by molar-refractivity contribution is 5.85. The average molecular weight is 393 g/mol. The van der Waals surface area contributed by atoms with E-state index in [0.29, 0.717) is 12.3 Å². The molecule has 2 aromatic rings. The highest BCUT2D eigenvalue weighted by atomic mass is 16.7. The largest absolute Gasteiger partial charge is 0.469 e. The summed E-state index contributed by atoms with van der Waals surface area (Å²) < 4.78 is 16.5. The minimum absolute atomic E-state index is 0.110. The van der Waals surface area contributed by atoms with Crippen molar-refractivity contribution in [3.63, 3.8) is 0 Å². The molecule has 1 saturated heterocycles. The SMILES string of the molecule is COC(=O)CC1CCN(CCC=C2c3ccccc3OCOc3ccccc32)C1. The maximum atomic E-state index is 11.5. The van der Waals surface area contributed by atoms with Crippen molar-refractivity contribution in [1.29, 1.82) is 0 Å². The Kier molecular flexibility index (Phi) is 6.15. The first-order valence-electron chi connectivity index (χ1n) is 10.2. The van der Waals surface area contributed by atoms with Gasteiger partial charge in [0, 0.05) is 30.6 Å². The maximum Gasteiger partial charge on any atom is 0.305 e. The zero-order valence-corrected chi connectivity index (χ0v) is 16.8. The van der Waals surface area contributed by atoms with Gasteiger partial charge < -0.3 is 19.1 Å². The Balaban J connectivity index is 1.50. The van der Waals surface area contributed by atoms with Gasteiger partial charge in [-0.1, -0.05) is 42.5 Å². The zero-order valence-electron chi connectivity index (χ0n) is 16.8. The molecule has 1 atom stereocenters. The van der Waals surface area contributed by atoms with Gasteiger partial charge in [-0.3, -0.25) is 4.79 Å². The van der Waals surface area contributed by atoms with Crippen LogP contribution in [0.5, 0.6) is 11.5 Å². The topological polar surface area (TPSA) is 48.0 Å². The van der Waals surface area contributed by atoms with Crippen molar-refractivity contribution in [2.75, 3.05) is 33.5 Å². The van der Waals surface area contributed by atoms with Crippen LogP contribution in [-0.4, -0.2) is 44.4 Å². The summed E-state index contributed by atoms with van der Waals surface area (Å²) in [6.45, 7) is 3.16. The second-order valence-corrected chi connectivity index (χ2v) is 7.54. The zero-order chi connectivity index (χ0) is 20.1. The third-order valence-electron chi connectivity index (χ3n) is 5.63. The molecule has 0 spiro atoms. The number of carbonyl (C=O) groups is 1. The number of methoxy groups -OCH3 is 1. The average Bonchev–Trinajstić information content (AvgIpc) is 3.18. The molecule has 0 aromatic heterocycles. The molecule has 0 N–H and O–H groups in total. The van der Waals surface area contributed by atoms with E-state index in [9.17, 15) is 4.79 Å². The first-order valence-corrected chi connectivity index (χ1v) is 10.2. The predicted octanol–water partition coefficient (Wildman–Crippen LogP) is 4.12. The number of hydrogen-bond donors (Lipinski definition) is 0. The third kappa shape index (κ3) is 4.62. The second-order valence-electron chi connectivity index (χ2n) is 7.54. The standard InChI is InChI=1S/C24H27NO4/c1-27-24(26)15-18-12-14-25(16-18)13-6-9-19-20-7-2-4-10-22(20)28-17-29-23-11-5-3-8-21(19)23/h2-5,7-11,18H,6,12-17H2,1H3. The summed E-state index contributed by atoms with van der Waals surface area (Å²) in [7, 11) is 1.46. The number of esters is 1. The van der Waals surface area contributed by atoms with Crippen molar-refractivity contribution in [3.05, 3.63) is 65.7 Å². The number of para-hydroxylation sites is 2. The van der Waals surface area contributed by atoms with E-state index in [1.807, 2.05) is 36.4 Å². The van der Waals surface area contributed by atoms with Crippen LogP contribution in [0.3, 0.4) is 0 Å². The quantitative estimate of drug-likeness (QED) is 0.715. The summed E-state index contributed by atoms with van der Waals surface area (Å²) >= 11 is 0. The van der Waals surface area contributed by atoms with Gasteiger partial charge in [0.1, 0.15) is 11.5 Å². The Morgan fingerprint density at radius 2 is 1.76 bits per heavy atom. The number of hydrogen-bond acceptors (Lipinski definition) is 5. The molecule has 1 unspecified atom stereocenters. The van der Waals surface area contributed by atoms with Gasteiger partial charge in [-0.2, -0.15) is 0 Å². The van der Waals surface area contributed by atoms with Crippen molar-refractivity contribution in [3.8, 4) is 11.5 Å². The van der Waals surface area contributed by atoms with Crippen molar-refractivity contribution >= 4 is 11.5 Å². The minimum Gasteiger partial charge on any atom is -0.469 e. The molecular weight excluding hydrogens is 366 g/mol. The number of likely N-dealkylation sites (tertiary alicyclic amines) is 1. The van der Waals surface area contributed by atoms with Crippen LogP contribution in [0.4, 0.5) is 0 Å². The molecule has 2 aromatic carbocycles. The molecule has 152 valence electrons. The molecule has 5 nitrogen and oxygen atoms in total. The highest BCUT2D eigenvalue weighted by Crippen LogP contribution is 2.37. The van der Waals surface area contributed by atoms with Crippen molar-refractivity contribution < 1.29 is 19.0 Å². The molecule has 4 rings (SSSR count). The molecule has 1 fully saturated rings. The molecule has 0 bridgehead atoms. The molecule has 0 aliphatic carbocycles. The van der Waals surface area contributed by atoms with Crippen molar-refractivity contribution in [1.82, 2.24) is 4.90 Å². The Bertz CT molecular complexity index is 842. The number of benzene rings is 2. The molecule has 0 radical (unpaired) electrons. The molecular formula is C24H27NO4. The van der Waals surface area contributed by atoms with Crippen molar-refractivity contribution in [2.45, 2.75) is 19.3 Å². The van der Waals surface area contributed by atoms with Gasteiger partial charge in [0.25, 0.3) is 0 Å². The van der Waals surface area contributed by atoms with Crippen molar-refractivity contribution in [2.24, 2.45) is 5.92 Å². The number of fused-ring (bicyclic) bond motifs is 2. The Labute approximate surface area is 171 Å². The lowest BCUT2D eigenvalue weighted by molar-refractivity contribution is -0.141. The van der Waals surface area contributed by atoms with Crippen LogP contribution in [0.2, 0.25) is 0 Å². The van der Waals surface area contributed by atoms with Crippen LogP contribution in [0.15, 0.2) is 54.6 Å². The normalized spacial score (nSPS) is 18.5. The summed E-state index contributed by atoms with van der Waals surface area (Å²) in [4.78, 5) is 13.9. The fourth-order valence-corrected chi connectivity index (χ4v) is 4.14. The van der Waals surface area contributed by atoms with Crippen LogP contribution in [-0.2, 0) is 9.53 Å². The summed E-state index contributed by atoms with van der Waals surface area (Å²) in [5, 5.41) is 0. The fraction of sp³-hybridized carbons (Fsp3) is 0.375. The van der Waals surface area contributed by atoms with Gasteiger partial charge >= 0.3 is 5.97 Å². The Hall–Kier alpha value is -2.79. The van der Waals surface area contributed by atoms with Gasteiger partial charge in [0.2, 0.25) is 6.79 Å². The number of carbonyl (C=O) groups excluding carboxylic acids is 1. The van der Waals surface area contributed by atoms with E-state index in [4.69, 9.17) is 14.2 Å². The summed E-state index contributed by atoms with van der Waals surface area (Å²) in [6.07, 6.45) is 4.77. The highest BCUT2D eigenvalue weighted by Gasteiger charge is 2.24. The lowest BCUT2D eigenvalue weighted by Crippen LogP contribution is -2.22. The van der Waals surface area contributed by atoms with Gasteiger partial charge in [0.15, 0.2) is 0 Å². The first-order chi connectivity index (χ1) is 14.2. The molecule has 2 aliphatic heterocycles. The lowest BCUT2D eigenvalue weighted by Gasteiger charge is -2.21. The summed E-state index contributed by atoms with van der Waals surface area (Å²) in [5.74, 6) is 1.97. The van der Waals surface area contributed by atoms with Crippen LogP contribution < -0.4 is 9.47 Å². The molecule has 0 amide bonds. The third-order valence-corrected chi connectivity index (χ3v) is 5.63. The van der Waals surface area contributed by atoms with E-state index >= 15 is 0 Å². The number of ether oxygens (including phenoxy) is 3. The summed E-state index contributed by atoms with van der Waals surface area (Å²) in [5.41, 5.74) is 3.32. The van der Waals surface area contributed by atoms with Gasteiger partial charge in [-0.05, 0) is 43.0 Å². The number of rotatable bonds is 5. The van der Waals surface area contributed by atoms with Crippen LogP contribution in [0, 0.1) is 5.92 Å². The van der Waals surface area contributed by atoms with E-state index in [1.165, 1.54) is 7.11 Å². The fourth-order valence-electron chi connectivity index (χ4n) is 4.14. The number of nitrogens with zero attached hydrogens (tertiary/aromatic N) is 1. The maximum absolute atomic E-state index is 11.5. The van der Waals surface area contributed by atoms with Crippen LogP contribution in [0.25, 0.3) is 5.57 Å². The van der Waals surface area contributed by atoms with Gasteiger partial charge in [0.05, 0.1) is 7.11 Å². The van der Waals surface area contributed by atoms with Crippen LogP contribution >= 0.6 is 0 Å². The molecule has 2 aliphatic rings. The lowest BCUT2D eigenvalue weighted by atomic mass is 9.95. The van der Waals surface area contributed by atoms with E-state index < -0.39 is 0 Å². The Morgan fingerprint density at radius 1 is 1.10 bits per heavy atom. The monoisotopic (exact) mass is 393 g/mol. The predicted molar refractivity (Wildman–Crippen MR) is 112 cm³/mol. The van der Waals surface area contributed by atoms with Gasteiger partial charge in [-0.25, -0.2) is 0 Å². The molecule has 2 heterocycles. The van der Waals surface area contributed by atoms with E-state index in [0.717, 1.165) is 60.7 Å². The minimum atomic E-state index is -0.110. The first kappa shape index (κ1) is 19.5. The summed E-state index contributed by atoms with van der Waals surface area (Å²) in [6, 6.07) is 16.2. The molecule has 0 saturated carbocycles. The smallest absolute Gasteiger partial charge is 0.305 e. The molecule has 5 heteroatoms. The van der Waals surface area contributed by atoms with Gasteiger partial charge in [-0.15, -0.1) is 0 Å². The van der Waals surface area contributed by atoms with E-state index in [2.05, 4.69) is 23.1 Å². The second kappa shape index (κ2) is 9.14. The Morgan fingerprint density at radius 3 is 2.41 bits per heavy atom. The van der Waals surface area contributed by atoms with Crippen LogP contribution in [0.1, 0.15) is 30.4 Å². The molecule has 29 heavy (non-hydrogen) atoms.